The third-order valence-corrected chi connectivity index (χ3v) is 14.5. The summed E-state index contributed by atoms with van der Waals surface area (Å²) in [6.07, 6.45) is -10.7. The molecule has 0 aliphatic carbocycles. The molecule has 26 heteroatoms. The van der Waals surface area contributed by atoms with Gasteiger partial charge in [-0.05, 0) is 86.9 Å². The normalized spacial score (nSPS) is 24.5. The largest absolute Gasteiger partial charge is 0.508 e. The molecule has 2 aliphatic rings. The second kappa shape index (κ2) is 29.5. The van der Waals surface area contributed by atoms with E-state index in [0.29, 0.717) is 16.7 Å². The number of cyclic esters (lactones) is 1. The number of piperidine rings is 1. The number of aromatic hydroxyl groups is 2. The number of likely N-dealkylation sites (N-methyl/N-ethyl adjacent to an activating group) is 1. The van der Waals surface area contributed by atoms with Crippen LogP contribution >= 0.6 is 0 Å². The van der Waals surface area contributed by atoms with Gasteiger partial charge in [0, 0.05) is 32.7 Å². The molecular weight excluding hydrogens is 1070 g/mol. The average Bonchev–Trinajstić information content (AvgIpc) is 3.52. The standard InChI is InChI=1S/C56H75N9O17/c1-7-28(2)44-56(81)82-31(5)46(63-48(73)37(21-23-42(57)71)58-52(77)45(29(3)66)62-51(76)41(70)27-34-15-19-36(69)20-16-34)53(78)60-39(25-33-13-17-35(68)18-14-33)49(74)59-38-22-24-43(72)65(54(38)79)47(30(4)67)55(80)64(6)40(50(75)61-44)26-32-11-9-8-10-12-32/h8-20,28-31,37-41,43-47,66-70,72H,7,21-27H2,1-6H3,(H2,57,71)(H,58,77)(H,59,74)(H,60,78)(H,61,75)(H,62,76)(H,63,73)/t28-,29?,30+,31-,37?,38-,39-,40?,41?,43+,44-,45?,46-,47-/m0/s1. The van der Waals surface area contributed by atoms with Gasteiger partial charge in [0.15, 0.2) is 0 Å². The Morgan fingerprint density at radius 3 is 1.90 bits per heavy atom. The molecular formula is C56H75N9O17. The van der Waals surface area contributed by atoms with E-state index in [1.54, 1.807) is 44.2 Å². The SMILES string of the molecule is CC[C@H](C)[C@@H]1NC(=O)C(Cc2ccccc2)N(C)C(=O)[C@H]([C@@H](C)O)N2C(=O)[C@H](CC[C@H]2O)NC(=O)[C@H](Cc2ccc(O)cc2)NC(=O)[C@@H](NC(=O)C(CCC(N)=O)NC(=O)C(NC(=O)C(O)Cc2ccc(O)cc2)C(C)O)[C@H](C)OC1=O. The summed E-state index contributed by atoms with van der Waals surface area (Å²) in [6.45, 7) is 6.81. The Kier molecular flexibility index (Phi) is 23.2. The van der Waals surface area contributed by atoms with Crippen LogP contribution in [0.1, 0.15) is 83.4 Å². The third-order valence-electron chi connectivity index (χ3n) is 14.5. The third kappa shape index (κ3) is 17.4. The fraction of sp³-hybridized carbons (Fsp3) is 0.500. The number of carbonyl (C=O) groups is 10. The number of benzene rings is 3. The van der Waals surface area contributed by atoms with Crippen LogP contribution in [0.4, 0.5) is 0 Å². The number of nitrogens with two attached hydrogens (primary N) is 1. The lowest BCUT2D eigenvalue weighted by Crippen LogP contribution is -2.67. The Bertz CT molecular complexity index is 2750. The summed E-state index contributed by atoms with van der Waals surface area (Å²) >= 11 is 0. The number of nitrogens with zero attached hydrogens (tertiary/aromatic N) is 2. The van der Waals surface area contributed by atoms with Gasteiger partial charge in [0.05, 0.1) is 12.2 Å². The Hall–Kier alpha value is -8.20. The summed E-state index contributed by atoms with van der Waals surface area (Å²) in [7, 11) is 1.25. The van der Waals surface area contributed by atoms with Crippen LogP contribution in [0.15, 0.2) is 78.9 Å². The van der Waals surface area contributed by atoms with Gasteiger partial charge in [0.2, 0.25) is 53.2 Å². The summed E-state index contributed by atoms with van der Waals surface area (Å²) in [5, 5.41) is 78.5. The van der Waals surface area contributed by atoms with Crippen LogP contribution in [0.25, 0.3) is 0 Å². The molecule has 14 N–H and O–H groups in total. The van der Waals surface area contributed by atoms with Crippen molar-refractivity contribution < 1.29 is 83.3 Å². The number of hydrogen-bond donors (Lipinski definition) is 13. The number of aliphatic hydroxyl groups is 4. The van der Waals surface area contributed by atoms with E-state index < -0.39 is 157 Å². The van der Waals surface area contributed by atoms with Crippen molar-refractivity contribution in [2.75, 3.05) is 7.05 Å². The molecule has 82 heavy (non-hydrogen) atoms. The van der Waals surface area contributed by atoms with Gasteiger partial charge in [-0.15, -0.1) is 0 Å². The first kappa shape index (κ1) is 64.6. The van der Waals surface area contributed by atoms with Crippen molar-refractivity contribution in [3.05, 3.63) is 95.6 Å². The van der Waals surface area contributed by atoms with Gasteiger partial charge in [-0.25, -0.2) is 4.79 Å². The van der Waals surface area contributed by atoms with Gasteiger partial charge < -0.3 is 82.8 Å². The molecule has 5 rings (SSSR count). The summed E-state index contributed by atoms with van der Waals surface area (Å²) in [5.74, 6) is -11.8. The number of phenols is 2. The molecule has 26 nitrogen and oxygen atoms in total. The molecule has 2 bridgehead atoms. The highest BCUT2D eigenvalue weighted by Gasteiger charge is 2.47. The summed E-state index contributed by atoms with van der Waals surface area (Å²) in [5.41, 5.74) is 6.76. The number of fused-ring (bicyclic) bond motifs is 2. The van der Waals surface area contributed by atoms with Crippen LogP contribution < -0.4 is 37.6 Å². The smallest absolute Gasteiger partial charge is 0.329 e. The quantitative estimate of drug-likeness (QED) is 0.0554. The molecule has 5 unspecified atom stereocenters. The van der Waals surface area contributed by atoms with Crippen LogP contribution in [-0.2, 0) is 71.9 Å². The van der Waals surface area contributed by atoms with Crippen molar-refractivity contribution in [1.82, 2.24) is 41.7 Å². The number of rotatable bonds is 19. The van der Waals surface area contributed by atoms with Crippen molar-refractivity contribution in [3.8, 4) is 11.5 Å². The van der Waals surface area contributed by atoms with Crippen LogP contribution in [0.5, 0.6) is 11.5 Å². The van der Waals surface area contributed by atoms with E-state index in [9.17, 15) is 78.6 Å². The predicted octanol–water partition coefficient (Wildman–Crippen LogP) is -2.45. The molecule has 446 valence electrons. The highest BCUT2D eigenvalue weighted by Crippen LogP contribution is 2.25. The van der Waals surface area contributed by atoms with Crippen molar-refractivity contribution in [2.45, 2.75) is 165 Å². The number of amides is 9. The predicted molar refractivity (Wildman–Crippen MR) is 291 cm³/mol. The van der Waals surface area contributed by atoms with E-state index in [-0.39, 0.29) is 50.0 Å². The van der Waals surface area contributed by atoms with E-state index in [1.807, 2.05) is 0 Å². The van der Waals surface area contributed by atoms with E-state index >= 15 is 0 Å². The van der Waals surface area contributed by atoms with E-state index in [4.69, 9.17) is 10.5 Å². The first-order valence-corrected chi connectivity index (χ1v) is 26.9. The number of ether oxygens (including phenoxy) is 1. The fourth-order valence-electron chi connectivity index (χ4n) is 9.45. The Morgan fingerprint density at radius 2 is 1.33 bits per heavy atom. The second-order valence-corrected chi connectivity index (χ2v) is 20.8. The molecule has 3 aromatic rings. The molecule has 2 saturated heterocycles. The zero-order valence-corrected chi connectivity index (χ0v) is 46.4. The number of primary amides is 1. The van der Waals surface area contributed by atoms with Crippen molar-refractivity contribution >= 4 is 59.1 Å². The van der Waals surface area contributed by atoms with Gasteiger partial charge in [0.1, 0.15) is 78.3 Å². The zero-order valence-electron chi connectivity index (χ0n) is 46.4. The van der Waals surface area contributed by atoms with Gasteiger partial charge >= 0.3 is 5.97 Å². The highest BCUT2D eigenvalue weighted by atomic mass is 16.5. The Morgan fingerprint density at radius 1 is 0.732 bits per heavy atom. The molecule has 9 amide bonds. The summed E-state index contributed by atoms with van der Waals surface area (Å²) < 4.78 is 5.92. The maximum absolute atomic E-state index is 14.9. The van der Waals surface area contributed by atoms with E-state index in [0.717, 1.165) is 16.7 Å². The number of carbonyl (C=O) groups excluding carboxylic acids is 10. The van der Waals surface area contributed by atoms with Crippen LogP contribution in [0.3, 0.4) is 0 Å². The number of nitrogens with one attached hydrogen (secondary N) is 6. The lowest BCUT2D eigenvalue weighted by molar-refractivity contribution is -0.170. The van der Waals surface area contributed by atoms with Crippen LogP contribution in [0, 0.1) is 5.92 Å². The Balaban J connectivity index is 1.59. The maximum Gasteiger partial charge on any atom is 0.329 e. The van der Waals surface area contributed by atoms with Crippen molar-refractivity contribution in [2.24, 2.45) is 11.7 Å². The van der Waals surface area contributed by atoms with Crippen molar-refractivity contribution in [3.63, 3.8) is 0 Å². The second-order valence-electron chi connectivity index (χ2n) is 20.8. The lowest BCUT2D eigenvalue weighted by atomic mass is 9.96. The highest BCUT2D eigenvalue weighted by molar-refractivity contribution is 5.99. The van der Waals surface area contributed by atoms with E-state index in [2.05, 4.69) is 31.9 Å². The zero-order chi connectivity index (χ0) is 60.7. The van der Waals surface area contributed by atoms with Crippen LogP contribution in [-0.4, -0.2) is 186 Å². The first-order valence-electron chi connectivity index (χ1n) is 26.9. The number of phenolic OH excluding ortho intramolecular Hbond substituents is 2. The molecule has 14 atom stereocenters. The fourth-order valence-corrected chi connectivity index (χ4v) is 9.45. The molecule has 0 radical (unpaired) electrons. The lowest BCUT2D eigenvalue weighted by Gasteiger charge is -2.43. The van der Waals surface area contributed by atoms with Gasteiger partial charge in [-0.1, -0.05) is 74.9 Å². The minimum Gasteiger partial charge on any atom is -0.508 e. The monoisotopic (exact) mass is 1150 g/mol. The molecule has 2 fully saturated rings. The molecule has 0 aromatic heterocycles. The number of hydrogen-bond acceptors (Lipinski definition) is 17. The molecule has 2 aliphatic heterocycles. The number of esters is 1. The molecule has 2 heterocycles. The maximum atomic E-state index is 14.9. The van der Waals surface area contributed by atoms with Gasteiger partial charge in [0.25, 0.3) is 0 Å². The minimum atomic E-state index is -2.03. The first-order chi connectivity index (χ1) is 38.7. The average molecular weight is 1150 g/mol. The Labute approximate surface area is 473 Å². The minimum absolute atomic E-state index is 0.0759. The van der Waals surface area contributed by atoms with Crippen molar-refractivity contribution in [1.29, 1.82) is 0 Å². The van der Waals surface area contributed by atoms with E-state index in [1.165, 1.54) is 69.4 Å². The summed E-state index contributed by atoms with van der Waals surface area (Å²) in [4.78, 5) is 144. The number of aliphatic hydroxyl groups excluding tert-OH is 4. The van der Waals surface area contributed by atoms with Crippen LogP contribution in [0.2, 0.25) is 0 Å². The molecule has 0 saturated carbocycles. The molecule has 3 aromatic carbocycles. The summed E-state index contributed by atoms with van der Waals surface area (Å²) in [6, 6.07) is 5.69. The van der Waals surface area contributed by atoms with Gasteiger partial charge in [-0.2, -0.15) is 0 Å². The van der Waals surface area contributed by atoms with Gasteiger partial charge in [-0.3, -0.25) is 43.2 Å². The molecule has 0 spiro atoms. The topological polar surface area (TPSA) is 406 Å².